The number of carbonyl (C=O) groups excluding carboxylic acids is 1. The molecule has 0 saturated carbocycles. The SMILES string of the molecule is CCOC(=O)C(C)(C)CNCC(F)(F)F. The van der Waals surface area contributed by atoms with Crippen molar-refractivity contribution in [2.75, 3.05) is 19.7 Å². The van der Waals surface area contributed by atoms with Crippen molar-refractivity contribution in [1.82, 2.24) is 5.32 Å². The van der Waals surface area contributed by atoms with Gasteiger partial charge in [-0.05, 0) is 20.8 Å². The molecule has 0 aliphatic heterocycles. The summed E-state index contributed by atoms with van der Waals surface area (Å²) in [4.78, 5) is 11.3. The van der Waals surface area contributed by atoms with Gasteiger partial charge in [-0.3, -0.25) is 4.79 Å². The predicted molar refractivity (Wildman–Crippen MR) is 49.3 cm³/mol. The van der Waals surface area contributed by atoms with Gasteiger partial charge < -0.3 is 10.1 Å². The molecule has 0 bridgehead atoms. The van der Waals surface area contributed by atoms with E-state index in [-0.39, 0.29) is 13.2 Å². The first-order chi connectivity index (χ1) is 6.69. The number of rotatable bonds is 5. The van der Waals surface area contributed by atoms with Gasteiger partial charge in [-0.2, -0.15) is 13.2 Å². The van der Waals surface area contributed by atoms with Gasteiger partial charge in [-0.15, -0.1) is 0 Å². The van der Waals surface area contributed by atoms with Crippen molar-refractivity contribution in [3.05, 3.63) is 0 Å². The average molecular weight is 227 g/mol. The minimum Gasteiger partial charge on any atom is -0.466 e. The maximum absolute atomic E-state index is 11.8. The van der Waals surface area contributed by atoms with Crippen LogP contribution in [-0.4, -0.2) is 31.8 Å². The van der Waals surface area contributed by atoms with Crippen molar-refractivity contribution in [2.24, 2.45) is 5.41 Å². The van der Waals surface area contributed by atoms with Gasteiger partial charge in [-0.1, -0.05) is 0 Å². The Hall–Kier alpha value is -0.780. The molecule has 0 aliphatic rings. The number of esters is 1. The summed E-state index contributed by atoms with van der Waals surface area (Å²) in [6.07, 6.45) is -4.26. The van der Waals surface area contributed by atoms with Crippen LogP contribution in [0.3, 0.4) is 0 Å². The van der Waals surface area contributed by atoms with Crippen molar-refractivity contribution in [3.8, 4) is 0 Å². The Kier molecular flexibility index (Phi) is 5.07. The third kappa shape index (κ3) is 6.33. The summed E-state index contributed by atoms with van der Waals surface area (Å²) in [6.45, 7) is 3.78. The Labute approximate surface area is 87.0 Å². The Bertz CT molecular complexity index is 214. The smallest absolute Gasteiger partial charge is 0.401 e. The summed E-state index contributed by atoms with van der Waals surface area (Å²) in [5.74, 6) is -0.500. The maximum Gasteiger partial charge on any atom is 0.401 e. The van der Waals surface area contributed by atoms with Gasteiger partial charge in [0.25, 0.3) is 0 Å². The molecule has 0 aromatic rings. The quantitative estimate of drug-likeness (QED) is 0.727. The minimum absolute atomic E-state index is 0.0641. The molecular formula is C9H16F3NO2. The molecule has 0 aliphatic carbocycles. The highest BCUT2D eigenvalue weighted by molar-refractivity contribution is 5.76. The molecule has 0 aromatic carbocycles. The van der Waals surface area contributed by atoms with E-state index in [9.17, 15) is 18.0 Å². The van der Waals surface area contributed by atoms with E-state index < -0.39 is 24.1 Å². The Balaban J connectivity index is 3.99. The van der Waals surface area contributed by atoms with Crippen molar-refractivity contribution in [1.29, 1.82) is 0 Å². The number of hydrogen-bond donors (Lipinski definition) is 1. The second-order valence-corrected chi connectivity index (χ2v) is 3.82. The van der Waals surface area contributed by atoms with E-state index in [0.29, 0.717) is 0 Å². The van der Waals surface area contributed by atoms with Gasteiger partial charge in [0.05, 0.1) is 18.6 Å². The first kappa shape index (κ1) is 14.2. The molecule has 3 nitrogen and oxygen atoms in total. The molecule has 0 spiro atoms. The number of ether oxygens (including phenoxy) is 1. The lowest BCUT2D eigenvalue weighted by Gasteiger charge is -2.22. The van der Waals surface area contributed by atoms with E-state index >= 15 is 0 Å². The largest absolute Gasteiger partial charge is 0.466 e. The third-order valence-electron chi connectivity index (χ3n) is 1.72. The molecule has 90 valence electrons. The average Bonchev–Trinajstić information content (AvgIpc) is 2.01. The maximum atomic E-state index is 11.8. The summed E-state index contributed by atoms with van der Waals surface area (Å²) in [7, 11) is 0. The van der Waals surface area contributed by atoms with Crippen LogP contribution < -0.4 is 5.32 Å². The van der Waals surface area contributed by atoms with Crippen molar-refractivity contribution >= 4 is 5.97 Å². The molecule has 0 aromatic heterocycles. The van der Waals surface area contributed by atoms with Gasteiger partial charge in [0.2, 0.25) is 0 Å². The molecule has 0 heterocycles. The standard InChI is InChI=1S/C9H16F3NO2/c1-4-15-7(14)8(2,3)5-13-6-9(10,11)12/h13H,4-6H2,1-3H3. The zero-order chi connectivity index (χ0) is 12.1. The van der Waals surface area contributed by atoms with Crippen LogP contribution in [0.25, 0.3) is 0 Å². The summed E-state index contributed by atoms with van der Waals surface area (Å²) in [5.41, 5.74) is -0.943. The van der Waals surface area contributed by atoms with Crippen LogP contribution in [-0.2, 0) is 9.53 Å². The lowest BCUT2D eigenvalue weighted by Crippen LogP contribution is -2.40. The number of hydrogen-bond acceptors (Lipinski definition) is 3. The van der Waals surface area contributed by atoms with E-state index in [1.165, 1.54) is 13.8 Å². The fraction of sp³-hybridized carbons (Fsp3) is 0.889. The third-order valence-corrected chi connectivity index (χ3v) is 1.72. The molecule has 1 N–H and O–H groups in total. The molecule has 0 unspecified atom stereocenters. The number of nitrogens with one attached hydrogen (secondary N) is 1. The van der Waals surface area contributed by atoms with Gasteiger partial charge in [-0.25, -0.2) is 0 Å². The van der Waals surface area contributed by atoms with Crippen molar-refractivity contribution in [3.63, 3.8) is 0 Å². The molecule has 0 atom stereocenters. The lowest BCUT2D eigenvalue weighted by atomic mass is 9.94. The molecule has 6 heteroatoms. The van der Waals surface area contributed by atoms with E-state index in [2.05, 4.69) is 5.32 Å². The van der Waals surface area contributed by atoms with E-state index in [1.54, 1.807) is 6.92 Å². The van der Waals surface area contributed by atoms with Crippen LogP contribution in [0, 0.1) is 5.41 Å². The molecule has 0 rings (SSSR count). The molecule has 0 amide bonds. The van der Waals surface area contributed by atoms with Crippen LogP contribution in [0.2, 0.25) is 0 Å². The monoisotopic (exact) mass is 227 g/mol. The highest BCUT2D eigenvalue weighted by Crippen LogP contribution is 2.17. The number of halogens is 3. The summed E-state index contributed by atoms with van der Waals surface area (Å²) in [6, 6.07) is 0. The summed E-state index contributed by atoms with van der Waals surface area (Å²) in [5, 5.41) is 2.18. The van der Waals surface area contributed by atoms with Gasteiger partial charge in [0.15, 0.2) is 0 Å². The second-order valence-electron chi connectivity index (χ2n) is 3.82. The second kappa shape index (κ2) is 5.34. The van der Waals surface area contributed by atoms with E-state index in [0.717, 1.165) is 0 Å². The minimum atomic E-state index is -4.26. The normalized spacial score (nSPS) is 12.7. The Morgan fingerprint density at radius 3 is 2.20 bits per heavy atom. The van der Waals surface area contributed by atoms with Gasteiger partial charge >= 0.3 is 12.1 Å². The van der Waals surface area contributed by atoms with Gasteiger partial charge in [0.1, 0.15) is 0 Å². The lowest BCUT2D eigenvalue weighted by molar-refractivity contribution is -0.154. The van der Waals surface area contributed by atoms with Crippen LogP contribution in [0.5, 0.6) is 0 Å². The molecule has 0 fully saturated rings. The van der Waals surface area contributed by atoms with Crippen LogP contribution >= 0.6 is 0 Å². The summed E-state index contributed by atoms with van der Waals surface area (Å²) < 4.78 is 40.1. The van der Waals surface area contributed by atoms with E-state index in [4.69, 9.17) is 4.74 Å². The topological polar surface area (TPSA) is 38.3 Å². The van der Waals surface area contributed by atoms with Crippen molar-refractivity contribution < 1.29 is 22.7 Å². The number of carbonyl (C=O) groups is 1. The first-order valence-electron chi connectivity index (χ1n) is 4.64. The fourth-order valence-electron chi connectivity index (χ4n) is 0.915. The fourth-order valence-corrected chi connectivity index (χ4v) is 0.915. The molecule has 0 radical (unpaired) electrons. The van der Waals surface area contributed by atoms with Crippen LogP contribution in [0.15, 0.2) is 0 Å². The van der Waals surface area contributed by atoms with Crippen LogP contribution in [0.1, 0.15) is 20.8 Å². The van der Waals surface area contributed by atoms with Crippen molar-refractivity contribution in [2.45, 2.75) is 26.9 Å². The first-order valence-corrected chi connectivity index (χ1v) is 4.64. The summed E-state index contributed by atoms with van der Waals surface area (Å²) >= 11 is 0. The predicted octanol–water partition coefficient (Wildman–Crippen LogP) is 1.73. The Morgan fingerprint density at radius 2 is 1.80 bits per heavy atom. The molecule has 0 saturated heterocycles. The zero-order valence-corrected chi connectivity index (χ0v) is 9.07. The molecule has 15 heavy (non-hydrogen) atoms. The molecular weight excluding hydrogens is 211 g/mol. The zero-order valence-electron chi connectivity index (χ0n) is 9.07. The highest BCUT2D eigenvalue weighted by atomic mass is 19.4. The van der Waals surface area contributed by atoms with Gasteiger partial charge in [0, 0.05) is 6.54 Å². The van der Waals surface area contributed by atoms with Crippen LogP contribution in [0.4, 0.5) is 13.2 Å². The van der Waals surface area contributed by atoms with E-state index in [1.807, 2.05) is 0 Å². The number of alkyl halides is 3. The Morgan fingerprint density at radius 1 is 1.27 bits per heavy atom. The highest BCUT2D eigenvalue weighted by Gasteiger charge is 2.32.